The molecule has 5 aromatic carbocycles. The zero-order chi connectivity index (χ0) is 36.8. The third-order valence-electron chi connectivity index (χ3n) is 10.6. The van der Waals surface area contributed by atoms with Gasteiger partial charge in [0.1, 0.15) is 0 Å². The summed E-state index contributed by atoms with van der Waals surface area (Å²) >= 11 is 0. The van der Waals surface area contributed by atoms with Gasteiger partial charge in [0.15, 0.2) is 0 Å². The maximum absolute atomic E-state index is 5.13. The Morgan fingerprint density at radius 2 is 1.30 bits per heavy atom. The predicted octanol–water partition coefficient (Wildman–Crippen LogP) is 14.3. The second-order valence-corrected chi connectivity index (χ2v) is 13.9. The van der Waals surface area contributed by atoms with Crippen LogP contribution in [0.3, 0.4) is 0 Å². The lowest BCUT2D eigenvalue weighted by atomic mass is 9.66. The Balaban J connectivity index is 0.00000214. The molecule has 2 atom stereocenters. The van der Waals surface area contributed by atoms with E-state index in [2.05, 4.69) is 184 Å². The summed E-state index contributed by atoms with van der Waals surface area (Å²) in [6.07, 6.45) is 14.2. The molecular formula is C52H49N. The minimum absolute atomic E-state index is 0.365. The zero-order valence-corrected chi connectivity index (χ0v) is 31.5. The van der Waals surface area contributed by atoms with Crippen LogP contribution in [0.15, 0.2) is 182 Å². The Bertz CT molecular complexity index is 2300. The van der Waals surface area contributed by atoms with Crippen LogP contribution in [0.2, 0.25) is 0 Å². The molecular weight excluding hydrogens is 639 g/mol. The predicted molar refractivity (Wildman–Crippen MR) is 228 cm³/mol. The van der Waals surface area contributed by atoms with Crippen LogP contribution < -0.4 is 0 Å². The van der Waals surface area contributed by atoms with Crippen LogP contribution >= 0.6 is 0 Å². The molecule has 0 radical (unpaired) electrons. The summed E-state index contributed by atoms with van der Waals surface area (Å²) < 4.78 is 0. The van der Waals surface area contributed by atoms with Gasteiger partial charge in [-0.15, -0.1) is 0 Å². The van der Waals surface area contributed by atoms with Crippen LogP contribution in [0.1, 0.15) is 69.3 Å². The van der Waals surface area contributed by atoms with Gasteiger partial charge in [0.05, 0.1) is 16.8 Å². The number of benzene rings is 5. The summed E-state index contributed by atoms with van der Waals surface area (Å²) in [6.45, 7) is 12.7. The SMILES string of the molecule is C=C/C=C(\CCC)C1(c2ccccc2)c2ccccc2-c2cc(-c3ccc(-c4cc(C5=CCC(C)C=C5)nc(-c5ccccc5)c4)cc3)ccc21.CC. The number of aromatic nitrogens is 1. The molecule has 53 heavy (non-hydrogen) atoms. The van der Waals surface area contributed by atoms with Gasteiger partial charge in [0.25, 0.3) is 0 Å². The standard InChI is InChI=1S/C50H43N.C2H6/c1-4-14-42(15-5-2)50(43-18-10-7-11-19-43)46-21-13-12-20-44(46)45-32-40(30-31-47(45)50)36-26-28-37(29-27-36)41-33-48(38-16-8-6-9-17-38)51-49(34-41)39-24-22-35(3)23-25-39;1-2/h4,6-14,16-22,24-35H,1,5,15,23H2,2-3H3;1-2H3/b42-14+;. The van der Waals surface area contributed by atoms with E-state index < -0.39 is 0 Å². The van der Waals surface area contributed by atoms with Crippen molar-refractivity contribution in [1.82, 2.24) is 4.98 Å². The highest BCUT2D eigenvalue weighted by molar-refractivity contribution is 5.89. The fraction of sp³-hybridized carbons (Fsp3) is 0.173. The normalized spacial score (nSPS) is 17.2. The van der Waals surface area contributed by atoms with Crippen molar-refractivity contribution < 1.29 is 0 Å². The van der Waals surface area contributed by atoms with Crippen LogP contribution in [0, 0.1) is 5.92 Å². The zero-order valence-electron chi connectivity index (χ0n) is 31.5. The van der Waals surface area contributed by atoms with E-state index >= 15 is 0 Å². The van der Waals surface area contributed by atoms with Crippen molar-refractivity contribution in [3.63, 3.8) is 0 Å². The van der Waals surface area contributed by atoms with Gasteiger partial charge in [-0.05, 0) is 92.6 Å². The third kappa shape index (κ3) is 6.69. The quantitative estimate of drug-likeness (QED) is 0.138. The van der Waals surface area contributed by atoms with E-state index in [9.17, 15) is 0 Å². The lowest BCUT2D eigenvalue weighted by Crippen LogP contribution is -2.29. The molecule has 2 aliphatic carbocycles. The largest absolute Gasteiger partial charge is 0.248 e. The summed E-state index contributed by atoms with van der Waals surface area (Å²) in [7, 11) is 0. The molecule has 0 spiro atoms. The average Bonchev–Trinajstić information content (AvgIpc) is 3.53. The molecule has 1 heteroatoms. The van der Waals surface area contributed by atoms with E-state index in [0.717, 1.165) is 36.2 Å². The highest BCUT2D eigenvalue weighted by Gasteiger charge is 2.46. The van der Waals surface area contributed by atoms with Crippen molar-refractivity contribution in [3.8, 4) is 44.6 Å². The number of hydrogen-bond donors (Lipinski definition) is 0. The van der Waals surface area contributed by atoms with Crippen LogP contribution in [-0.4, -0.2) is 4.98 Å². The molecule has 0 bridgehead atoms. The summed E-state index contributed by atoms with van der Waals surface area (Å²) in [5.74, 6) is 0.558. The molecule has 262 valence electrons. The van der Waals surface area contributed by atoms with Crippen LogP contribution in [0.5, 0.6) is 0 Å². The Kier molecular flexibility index (Phi) is 10.6. The van der Waals surface area contributed by atoms with Crippen LogP contribution in [-0.2, 0) is 5.41 Å². The summed E-state index contributed by atoms with van der Waals surface area (Å²) in [5.41, 5.74) is 16.7. The molecule has 0 saturated carbocycles. The van der Waals surface area contributed by atoms with Crippen molar-refractivity contribution in [2.24, 2.45) is 5.92 Å². The number of hydrogen-bond acceptors (Lipinski definition) is 1. The fourth-order valence-corrected chi connectivity index (χ4v) is 8.18. The molecule has 1 heterocycles. The summed E-state index contributed by atoms with van der Waals surface area (Å²) in [6, 6.07) is 51.2. The molecule has 1 nitrogen and oxygen atoms in total. The van der Waals surface area contributed by atoms with Gasteiger partial charge < -0.3 is 0 Å². The minimum atomic E-state index is -0.365. The van der Waals surface area contributed by atoms with E-state index in [1.165, 1.54) is 61.2 Å². The highest BCUT2D eigenvalue weighted by atomic mass is 14.7. The number of fused-ring (bicyclic) bond motifs is 3. The van der Waals surface area contributed by atoms with Crippen molar-refractivity contribution >= 4 is 5.57 Å². The second-order valence-electron chi connectivity index (χ2n) is 13.9. The van der Waals surface area contributed by atoms with Crippen molar-refractivity contribution in [3.05, 3.63) is 204 Å². The number of rotatable bonds is 9. The van der Waals surface area contributed by atoms with Crippen LogP contribution in [0.25, 0.3) is 50.2 Å². The lowest BCUT2D eigenvalue weighted by Gasteiger charge is -2.36. The maximum atomic E-state index is 5.13. The fourth-order valence-electron chi connectivity index (χ4n) is 8.18. The molecule has 8 rings (SSSR count). The van der Waals surface area contributed by atoms with Gasteiger partial charge in [-0.1, -0.05) is 198 Å². The van der Waals surface area contributed by atoms with Gasteiger partial charge in [0, 0.05) is 5.56 Å². The molecule has 2 unspecified atom stereocenters. The van der Waals surface area contributed by atoms with Gasteiger partial charge in [-0.2, -0.15) is 0 Å². The molecule has 0 saturated heterocycles. The first kappa shape index (κ1) is 35.6. The molecule has 0 fully saturated rings. The van der Waals surface area contributed by atoms with E-state index in [0.29, 0.717) is 5.92 Å². The van der Waals surface area contributed by atoms with Gasteiger partial charge in [0.2, 0.25) is 0 Å². The van der Waals surface area contributed by atoms with Gasteiger partial charge in [-0.3, -0.25) is 0 Å². The molecule has 1 aromatic heterocycles. The average molecular weight is 688 g/mol. The van der Waals surface area contributed by atoms with E-state index in [1.807, 2.05) is 19.9 Å². The maximum Gasteiger partial charge on any atom is 0.0715 e. The van der Waals surface area contributed by atoms with Gasteiger partial charge in [-0.25, -0.2) is 4.98 Å². The first-order chi connectivity index (χ1) is 26.1. The van der Waals surface area contributed by atoms with Crippen molar-refractivity contribution in [1.29, 1.82) is 0 Å². The van der Waals surface area contributed by atoms with Crippen LogP contribution in [0.4, 0.5) is 0 Å². The Hall–Kier alpha value is -5.79. The Labute approximate surface area is 316 Å². The third-order valence-corrected chi connectivity index (χ3v) is 10.6. The molecule has 2 aliphatic rings. The van der Waals surface area contributed by atoms with E-state index in [4.69, 9.17) is 4.98 Å². The minimum Gasteiger partial charge on any atom is -0.248 e. The van der Waals surface area contributed by atoms with Crippen molar-refractivity contribution in [2.45, 2.75) is 52.4 Å². The number of allylic oxidation sites excluding steroid dienone is 7. The molecule has 0 aliphatic heterocycles. The number of nitrogens with zero attached hydrogens (tertiary/aromatic N) is 1. The first-order valence-electron chi connectivity index (χ1n) is 19.3. The number of pyridine rings is 1. The molecule has 0 amide bonds. The van der Waals surface area contributed by atoms with Crippen molar-refractivity contribution in [2.75, 3.05) is 0 Å². The van der Waals surface area contributed by atoms with E-state index in [-0.39, 0.29) is 5.41 Å². The topological polar surface area (TPSA) is 12.9 Å². The smallest absolute Gasteiger partial charge is 0.0715 e. The summed E-state index contributed by atoms with van der Waals surface area (Å²) in [4.78, 5) is 5.13. The Morgan fingerprint density at radius 3 is 1.98 bits per heavy atom. The van der Waals surface area contributed by atoms with E-state index in [1.54, 1.807) is 0 Å². The Morgan fingerprint density at radius 1 is 0.679 bits per heavy atom. The monoisotopic (exact) mass is 687 g/mol. The second kappa shape index (κ2) is 15.8. The molecule has 0 N–H and O–H groups in total. The lowest BCUT2D eigenvalue weighted by molar-refractivity contribution is 0.686. The summed E-state index contributed by atoms with van der Waals surface area (Å²) in [5, 5.41) is 0. The van der Waals surface area contributed by atoms with Gasteiger partial charge >= 0.3 is 0 Å². The highest BCUT2D eigenvalue weighted by Crippen LogP contribution is 2.57. The molecule has 6 aromatic rings. The first-order valence-corrected chi connectivity index (χ1v) is 19.3.